The lowest BCUT2D eigenvalue weighted by atomic mass is 9.83. The second-order valence-electron chi connectivity index (χ2n) is 12.5. The molecule has 2 aromatic rings. The smallest absolute Gasteiger partial charge is 0.384 e. The van der Waals surface area contributed by atoms with Gasteiger partial charge in [-0.2, -0.15) is 4.68 Å². The Morgan fingerprint density at radius 1 is 1.05 bits per heavy atom. The standard InChI is InChI=1S/C31H43N5O5/c1-20(2)16-26(27(37)30-34-36(31(40)41-30)19-21-12-13-21)33-29(39)24-10-3-4-11-25(24)32-28(38)23-9-7-8-22(17-23)18-35-14-5-6-15-35/h7-9,17,20-21,24-26H,3-6,10-16,18-19H2,1-2H3,(H,32,38)(H,33,39)/t24-,25+,26+/m1/s1. The Kier molecular flexibility index (Phi) is 9.37. The minimum Gasteiger partial charge on any atom is -0.384 e. The quantitative estimate of drug-likeness (QED) is 0.377. The second-order valence-corrected chi connectivity index (χ2v) is 12.5. The fraction of sp³-hybridized carbons (Fsp3) is 0.645. The maximum atomic E-state index is 13.6. The van der Waals surface area contributed by atoms with Crippen LogP contribution in [0.25, 0.3) is 0 Å². The summed E-state index contributed by atoms with van der Waals surface area (Å²) < 4.78 is 6.42. The average Bonchev–Trinajstić information content (AvgIpc) is 3.48. The molecule has 10 heteroatoms. The molecule has 3 fully saturated rings. The summed E-state index contributed by atoms with van der Waals surface area (Å²) in [7, 11) is 0. The summed E-state index contributed by atoms with van der Waals surface area (Å²) in [5, 5.41) is 10.2. The molecular formula is C31H43N5O5. The van der Waals surface area contributed by atoms with Crippen LogP contribution < -0.4 is 16.4 Å². The summed E-state index contributed by atoms with van der Waals surface area (Å²) in [4.78, 5) is 54.9. The summed E-state index contributed by atoms with van der Waals surface area (Å²) in [6.07, 6.45) is 8.01. The van der Waals surface area contributed by atoms with Crippen LogP contribution in [-0.4, -0.2) is 57.5 Å². The van der Waals surface area contributed by atoms with Crippen LogP contribution in [0.5, 0.6) is 0 Å². The van der Waals surface area contributed by atoms with Gasteiger partial charge in [-0.3, -0.25) is 19.3 Å². The van der Waals surface area contributed by atoms with Gasteiger partial charge < -0.3 is 15.1 Å². The molecule has 2 aliphatic carbocycles. The van der Waals surface area contributed by atoms with Crippen LogP contribution >= 0.6 is 0 Å². The monoisotopic (exact) mass is 565 g/mol. The maximum absolute atomic E-state index is 13.6. The lowest BCUT2D eigenvalue weighted by molar-refractivity contribution is -0.127. The van der Waals surface area contributed by atoms with Gasteiger partial charge in [0.2, 0.25) is 11.7 Å². The Morgan fingerprint density at radius 3 is 2.54 bits per heavy atom. The molecule has 41 heavy (non-hydrogen) atoms. The lowest BCUT2D eigenvalue weighted by Crippen LogP contribution is -2.52. The van der Waals surface area contributed by atoms with Gasteiger partial charge in [-0.25, -0.2) is 4.79 Å². The van der Waals surface area contributed by atoms with Crippen LogP contribution in [-0.2, 0) is 17.9 Å². The van der Waals surface area contributed by atoms with Gasteiger partial charge in [-0.1, -0.05) is 38.8 Å². The Morgan fingerprint density at radius 2 is 1.80 bits per heavy atom. The topological polar surface area (TPSA) is 127 Å². The van der Waals surface area contributed by atoms with E-state index in [2.05, 4.69) is 26.7 Å². The molecule has 1 aromatic heterocycles. The zero-order valence-electron chi connectivity index (χ0n) is 24.3. The fourth-order valence-electron chi connectivity index (χ4n) is 6.08. The van der Waals surface area contributed by atoms with E-state index in [1.165, 1.54) is 17.5 Å². The highest BCUT2D eigenvalue weighted by Gasteiger charge is 2.36. The largest absolute Gasteiger partial charge is 0.437 e. The molecule has 0 radical (unpaired) electrons. The Balaban J connectivity index is 1.24. The highest BCUT2D eigenvalue weighted by Crippen LogP contribution is 2.30. The molecule has 3 aliphatic rings. The molecule has 5 rings (SSSR count). The predicted octanol–water partition coefficient (Wildman–Crippen LogP) is 3.54. The Bertz CT molecular complexity index is 1290. The van der Waals surface area contributed by atoms with Gasteiger partial charge in [0.05, 0.1) is 18.5 Å². The number of nitrogens with zero attached hydrogens (tertiary/aromatic N) is 3. The van der Waals surface area contributed by atoms with E-state index in [-0.39, 0.29) is 29.7 Å². The van der Waals surface area contributed by atoms with Crippen LogP contribution in [0.4, 0.5) is 0 Å². The number of amides is 2. The number of likely N-dealkylation sites (tertiary alicyclic amines) is 1. The molecular weight excluding hydrogens is 522 g/mol. The number of aromatic nitrogens is 2. The number of hydrogen-bond acceptors (Lipinski definition) is 7. The third-order valence-electron chi connectivity index (χ3n) is 8.50. The number of nitrogens with one attached hydrogen (secondary N) is 2. The molecule has 2 heterocycles. The molecule has 222 valence electrons. The number of carbonyl (C=O) groups excluding carboxylic acids is 3. The van der Waals surface area contributed by atoms with Crippen molar-refractivity contribution in [3.8, 4) is 0 Å². The predicted molar refractivity (Wildman–Crippen MR) is 153 cm³/mol. The number of ketones is 1. The SMILES string of the molecule is CC(C)C[C@H](NC(=O)[C@@H]1CCCC[C@@H]1NC(=O)c1cccc(CN2CCCC2)c1)C(=O)c1nn(CC2CC2)c(=O)o1. The first-order chi connectivity index (χ1) is 19.8. The number of hydrogen-bond donors (Lipinski definition) is 2. The van der Waals surface area contributed by atoms with E-state index in [0.717, 1.165) is 50.9 Å². The molecule has 0 unspecified atom stereocenters. The first-order valence-electron chi connectivity index (χ1n) is 15.3. The average molecular weight is 566 g/mol. The highest BCUT2D eigenvalue weighted by atomic mass is 16.4. The lowest BCUT2D eigenvalue weighted by Gasteiger charge is -2.32. The van der Waals surface area contributed by atoms with E-state index in [0.29, 0.717) is 37.3 Å². The first kappa shape index (κ1) is 29.2. The van der Waals surface area contributed by atoms with Gasteiger partial charge in [-0.15, -0.1) is 5.10 Å². The van der Waals surface area contributed by atoms with Crippen molar-refractivity contribution >= 4 is 17.6 Å². The third kappa shape index (κ3) is 7.72. The zero-order chi connectivity index (χ0) is 28.9. The van der Waals surface area contributed by atoms with Crippen molar-refractivity contribution in [3.05, 3.63) is 51.8 Å². The van der Waals surface area contributed by atoms with Crippen molar-refractivity contribution in [2.24, 2.45) is 17.8 Å². The summed E-state index contributed by atoms with van der Waals surface area (Å²) >= 11 is 0. The molecule has 1 aliphatic heterocycles. The molecule has 3 atom stereocenters. The van der Waals surface area contributed by atoms with E-state index in [1.807, 2.05) is 32.0 Å². The molecule has 2 N–H and O–H groups in total. The highest BCUT2D eigenvalue weighted by molar-refractivity contribution is 5.99. The van der Waals surface area contributed by atoms with Crippen LogP contribution in [0, 0.1) is 17.8 Å². The van der Waals surface area contributed by atoms with Gasteiger partial charge in [0.25, 0.3) is 11.8 Å². The molecule has 1 saturated heterocycles. The molecule has 0 spiro atoms. The van der Waals surface area contributed by atoms with Crippen molar-refractivity contribution < 1.29 is 18.8 Å². The van der Waals surface area contributed by atoms with Crippen molar-refractivity contribution in [2.75, 3.05) is 13.1 Å². The summed E-state index contributed by atoms with van der Waals surface area (Å²) in [5.41, 5.74) is 1.70. The van der Waals surface area contributed by atoms with Crippen molar-refractivity contribution in [1.82, 2.24) is 25.3 Å². The summed E-state index contributed by atoms with van der Waals surface area (Å²) in [6.45, 7) is 7.39. The normalized spacial score (nSPS) is 22.0. The van der Waals surface area contributed by atoms with E-state index in [1.54, 1.807) is 0 Å². The summed E-state index contributed by atoms with van der Waals surface area (Å²) in [5.74, 6) is -1.80. The minimum atomic E-state index is -0.865. The number of rotatable bonds is 12. The Hall–Kier alpha value is -3.27. The molecule has 1 aromatic carbocycles. The van der Waals surface area contributed by atoms with Gasteiger partial charge in [0.15, 0.2) is 0 Å². The van der Waals surface area contributed by atoms with Gasteiger partial charge in [0, 0.05) is 18.2 Å². The molecule has 2 amide bonds. The second kappa shape index (κ2) is 13.1. The van der Waals surface area contributed by atoms with Gasteiger partial charge in [0.1, 0.15) is 0 Å². The Labute approximate surface area is 241 Å². The fourth-order valence-corrected chi connectivity index (χ4v) is 6.08. The third-order valence-corrected chi connectivity index (χ3v) is 8.50. The van der Waals surface area contributed by atoms with E-state index in [4.69, 9.17) is 4.42 Å². The van der Waals surface area contributed by atoms with Crippen LogP contribution in [0.1, 0.15) is 98.2 Å². The van der Waals surface area contributed by atoms with Crippen molar-refractivity contribution in [2.45, 2.75) is 96.8 Å². The van der Waals surface area contributed by atoms with E-state index < -0.39 is 23.5 Å². The number of Topliss-reactive ketones (excluding diaryl/α,β-unsaturated/α-hetero) is 1. The van der Waals surface area contributed by atoms with Crippen molar-refractivity contribution in [1.29, 1.82) is 0 Å². The van der Waals surface area contributed by atoms with Gasteiger partial charge in [-0.05, 0) is 87.6 Å². The summed E-state index contributed by atoms with van der Waals surface area (Å²) in [6, 6.07) is 6.53. The molecule has 10 nitrogen and oxygen atoms in total. The number of benzene rings is 1. The molecule has 0 bridgehead atoms. The zero-order valence-corrected chi connectivity index (χ0v) is 24.3. The van der Waals surface area contributed by atoms with Crippen LogP contribution in [0.15, 0.2) is 33.5 Å². The van der Waals surface area contributed by atoms with E-state index in [9.17, 15) is 19.2 Å². The van der Waals surface area contributed by atoms with Crippen molar-refractivity contribution in [3.63, 3.8) is 0 Å². The van der Waals surface area contributed by atoms with Gasteiger partial charge >= 0.3 is 5.76 Å². The maximum Gasteiger partial charge on any atom is 0.437 e. The van der Waals surface area contributed by atoms with E-state index >= 15 is 0 Å². The number of carbonyl (C=O) groups is 3. The van der Waals surface area contributed by atoms with Crippen LogP contribution in [0.2, 0.25) is 0 Å². The van der Waals surface area contributed by atoms with Crippen LogP contribution in [0.3, 0.4) is 0 Å². The first-order valence-corrected chi connectivity index (χ1v) is 15.3. The molecule has 2 saturated carbocycles. The minimum absolute atomic E-state index is 0.110.